The van der Waals surface area contributed by atoms with Crippen LogP contribution in [-0.2, 0) is 4.79 Å². The summed E-state index contributed by atoms with van der Waals surface area (Å²) in [6, 6.07) is 12.7. The van der Waals surface area contributed by atoms with Gasteiger partial charge in [-0.2, -0.15) is 0 Å². The molecule has 5 heteroatoms. The Morgan fingerprint density at radius 1 is 1.12 bits per heavy atom. The molecule has 2 aromatic carbocycles. The maximum atomic E-state index is 12.4. The number of methoxy groups -OCH3 is 1. The molecule has 0 N–H and O–H groups in total. The highest BCUT2D eigenvalue weighted by Crippen LogP contribution is 2.30. The van der Waals surface area contributed by atoms with Gasteiger partial charge in [-0.15, -0.1) is 0 Å². The first-order valence-electron chi connectivity index (χ1n) is 8.31. The molecule has 0 aliphatic carbocycles. The van der Waals surface area contributed by atoms with E-state index < -0.39 is 6.04 Å². The molecule has 1 aliphatic rings. The van der Waals surface area contributed by atoms with Crippen LogP contribution in [0.1, 0.15) is 31.9 Å². The summed E-state index contributed by atoms with van der Waals surface area (Å²) in [6.45, 7) is 5.80. The van der Waals surface area contributed by atoms with Crippen LogP contribution in [0.3, 0.4) is 0 Å². The van der Waals surface area contributed by atoms with E-state index in [1.807, 2.05) is 50.2 Å². The Morgan fingerprint density at radius 2 is 1.76 bits per heavy atom. The first kappa shape index (κ1) is 19.0. The van der Waals surface area contributed by atoms with Crippen LogP contribution in [0.2, 0.25) is 5.02 Å². The van der Waals surface area contributed by atoms with Crippen molar-refractivity contribution in [2.45, 2.75) is 26.8 Å². The van der Waals surface area contributed by atoms with Gasteiger partial charge < -0.3 is 9.64 Å². The Kier molecular flexibility index (Phi) is 6.21. The van der Waals surface area contributed by atoms with E-state index >= 15 is 0 Å². The summed E-state index contributed by atoms with van der Waals surface area (Å²) >= 11 is 6.17. The number of hydrogen-bond donors (Lipinski definition) is 0. The molecule has 0 aromatic heterocycles. The average molecular weight is 359 g/mol. The van der Waals surface area contributed by atoms with E-state index in [4.69, 9.17) is 16.3 Å². The van der Waals surface area contributed by atoms with E-state index in [9.17, 15) is 4.79 Å². The number of amides is 1. The standard InChI is InChI=1S/C18H17ClN2O2.C2H6/c1-11-18(22)21(2)16-9-6-13(19)10-15(16)17(20-11)12-4-7-14(23-3)8-5-12;1-2/h4-11H,1-3H3;1-2H3. The molecule has 2 aromatic rings. The highest BCUT2D eigenvalue weighted by molar-refractivity contribution is 6.32. The van der Waals surface area contributed by atoms with Crippen molar-refractivity contribution in [3.8, 4) is 5.75 Å². The average Bonchev–Trinajstić information content (AvgIpc) is 2.74. The van der Waals surface area contributed by atoms with E-state index in [1.165, 1.54) is 0 Å². The molecule has 0 bridgehead atoms. The van der Waals surface area contributed by atoms with Gasteiger partial charge in [0.05, 0.1) is 18.5 Å². The number of hydrogen-bond acceptors (Lipinski definition) is 3. The number of anilines is 1. The van der Waals surface area contributed by atoms with Crippen LogP contribution in [0, 0.1) is 0 Å². The van der Waals surface area contributed by atoms with Gasteiger partial charge in [0.2, 0.25) is 0 Å². The fraction of sp³-hybridized carbons (Fsp3) is 0.300. The minimum atomic E-state index is -0.455. The van der Waals surface area contributed by atoms with E-state index in [0.29, 0.717) is 5.02 Å². The molecule has 0 saturated heterocycles. The largest absolute Gasteiger partial charge is 0.497 e. The lowest BCUT2D eigenvalue weighted by molar-refractivity contribution is -0.119. The summed E-state index contributed by atoms with van der Waals surface area (Å²) in [6.07, 6.45) is 0. The third-order valence-electron chi connectivity index (χ3n) is 3.95. The van der Waals surface area contributed by atoms with Gasteiger partial charge in [0.25, 0.3) is 5.91 Å². The summed E-state index contributed by atoms with van der Waals surface area (Å²) in [5.74, 6) is 0.729. The number of benzodiazepines with no additional fused rings is 1. The molecular weight excluding hydrogens is 336 g/mol. The lowest BCUT2D eigenvalue weighted by Crippen LogP contribution is -2.32. The van der Waals surface area contributed by atoms with E-state index in [1.54, 1.807) is 32.0 Å². The van der Waals surface area contributed by atoms with Gasteiger partial charge >= 0.3 is 0 Å². The third-order valence-corrected chi connectivity index (χ3v) is 4.18. The Morgan fingerprint density at radius 3 is 2.36 bits per heavy atom. The van der Waals surface area contributed by atoms with Gasteiger partial charge in [-0.25, -0.2) is 0 Å². The van der Waals surface area contributed by atoms with Crippen LogP contribution in [0.4, 0.5) is 5.69 Å². The number of halogens is 1. The molecule has 4 nitrogen and oxygen atoms in total. The summed E-state index contributed by atoms with van der Waals surface area (Å²) in [5.41, 5.74) is 3.33. The van der Waals surface area contributed by atoms with Crippen LogP contribution in [0.25, 0.3) is 0 Å². The fourth-order valence-electron chi connectivity index (χ4n) is 2.69. The molecule has 1 unspecified atom stereocenters. The normalized spacial score (nSPS) is 16.2. The second kappa shape index (κ2) is 8.17. The first-order chi connectivity index (χ1) is 12.0. The number of ether oxygens (including phenoxy) is 1. The fourth-order valence-corrected chi connectivity index (χ4v) is 2.86. The monoisotopic (exact) mass is 358 g/mol. The summed E-state index contributed by atoms with van der Waals surface area (Å²) < 4.78 is 5.20. The zero-order valence-electron chi connectivity index (χ0n) is 15.2. The molecule has 0 fully saturated rings. The molecule has 0 saturated carbocycles. The zero-order valence-corrected chi connectivity index (χ0v) is 16.0. The summed E-state index contributed by atoms with van der Waals surface area (Å²) in [4.78, 5) is 18.7. The number of rotatable bonds is 2. The van der Waals surface area contributed by atoms with Gasteiger partial charge in [-0.3, -0.25) is 9.79 Å². The minimum Gasteiger partial charge on any atom is -0.497 e. The number of aliphatic imine (C=N–C) groups is 1. The first-order valence-corrected chi connectivity index (χ1v) is 8.69. The molecule has 3 rings (SSSR count). The SMILES string of the molecule is CC.COc1ccc(C2=NC(C)C(=O)N(C)c3ccc(Cl)cc32)cc1. The van der Waals surface area contributed by atoms with Gasteiger partial charge in [-0.1, -0.05) is 25.4 Å². The van der Waals surface area contributed by atoms with Crippen molar-refractivity contribution in [3.05, 3.63) is 58.6 Å². The van der Waals surface area contributed by atoms with Gasteiger partial charge in [0.1, 0.15) is 11.8 Å². The van der Waals surface area contributed by atoms with Crippen LogP contribution in [0.15, 0.2) is 47.5 Å². The van der Waals surface area contributed by atoms with Crippen molar-refractivity contribution in [1.82, 2.24) is 0 Å². The quantitative estimate of drug-likeness (QED) is 0.788. The van der Waals surface area contributed by atoms with Crippen LogP contribution < -0.4 is 9.64 Å². The van der Waals surface area contributed by atoms with E-state index in [2.05, 4.69) is 4.99 Å². The lowest BCUT2D eigenvalue weighted by Gasteiger charge is -2.19. The van der Waals surface area contributed by atoms with Crippen molar-refractivity contribution < 1.29 is 9.53 Å². The molecule has 132 valence electrons. The van der Waals surface area contributed by atoms with Gasteiger partial charge in [-0.05, 0) is 49.4 Å². The van der Waals surface area contributed by atoms with Crippen LogP contribution >= 0.6 is 11.6 Å². The van der Waals surface area contributed by atoms with Gasteiger partial charge in [0, 0.05) is 23.2 Å². The molecule has 25 heavy (non-hydrogen) atoms. The molecule has 0 radical (unpaired) electrons. The highest BCUT2D eigenvalue weighted by Gasteiger charge is 2.27. The number of carbonyl (C=O) groups is 1. The van der Waals surface area contributed by atoms with Crippen molar-refractivity contribution in [2.75, 3.05) is 19.1 Å². The summed E-state index contributed by atoms with van der Waals surface area (Å²) in [5, 5.41) is 0.611. The molecular formula is C20H23ClN2O2. The zero-order chi connectivity index (χ0) is 18.6. The molecule has 1 heterocycles. The molecule has 0 spiro atoms. The second-order valence-electron chi connectivity index (χ2n) is 5.44. The Balaban J connectivity index is 0.00000109. The van der Waals surface area contributed by atoms with Crippen molar-refractivity contribution >= 4 is 28.9 Å². The smallest absolute Gasteiger partial charge is 0.251 e. The predicted octanol–water partition coefficient (Wildman–Crippen LogP) is 4.58. The van der Waals surface area contributed by atoms with Crippen LogP contribution in [-0.4, -0.2) is 31.8 Å². The molecule has 1 atom stereocenters. The highest BCUT2D eigenvalue weighted by atomic mass is 35.5. The maximum absolute atomic E-state index is 12.4. The topological polar surface area (TPSA) is 41.9 Å². The minimum absolute atomic E-state index is 0.0444. The van der Waals surface area contributed by atoms with Crippen LogP contribution in [0.5, 0.6) is 5.75 Å². The van der Waals surface area contributed by atoms with E-state index in [0.717, 1.165) is 28.3 Å². The van der Waals surface area contributed by atoms with Gasteiger partial charge in [0.15, 0.2) is 0 Å². The number of nitrogens with zero attached hydrogens (tertiary/aromatic N) is 2. The summed E-state index contributed by atoms with van der Waals surface area (Å²) in [7, 11) is 3.39. The Labute approximate surface area is 154 Å². The van der Waals surface area contributed by atoms with Crippen molar-refractivity contribution in [1.29, 1.82) is 0 Å². The Bertz CT molecular complexity index is 785. The van der Waals surface area contributed by atoms with Crippen molar-refractivity contribution in [3.63, 3.8) is 0 Å². The molecule has 1 aliphatic heterocycles. The third kappa shape index (κ3) is 3.85. The molecule has 1 amide bonds. The predicted molar refractivity (Wildman–Crippen MR) is 104 cm³/mol. The number of fused-ring (bicyclic) bond motifs is 1. The number of likely N-dealkylation sites (N-methyl/N-ethyl adjacent to an activating group) is 1. The van der Waals surface area contributed by atoms with E-state index in [-0.39, 0.29) is 5.91 Å². The Hall–Kier alpha value is -2.33. The second-order valence-corrected chi connectivity index (χ2v) is 5.88. The number of carbonyl (C=O) groups excluding carboxylic acids is 1. The lowest BCUT2D eigenvalue weighted by atomic mass is 10.00. The maximum Gasteiger partial charge on any atom is 0.251 e. The number of benzene rings is 2. The van der Waals surface area contributed by atoms with Crippen molar-refractivity contribution in [2.24, 2.45) is 4.99 Å².